The summed E-state index contributed by atoms with van der Waals surface area (Å²) in [5, 5.41) is 13.7. The molecule has 0 aliphatic carbocycles. The Labute approximate surface area is 113 Å². The minimum Gasteiger partial charge on any atom is -0.376 e. The summed E-state index contributed by atoms with van der Waals surface area (Å²) in [7, 11) is 0. The average Bonchev–Trinajstić information content (AvgIpc) is 2.84. The van der Waals surface area contributed by atoms with E-state index < -0.39 is 0 Å². The van der Waals surface area contributed by atoms with E-state index in [1.165, 1.54) is 0 Å². The van der Waals surface area contributed by atoms with Gasteiger partial charge in [-0.05, 0) is 12.8 Å². The van der Waals surface area contributed by atoms with Crippen LogP contribution in [0, 0.1) is 0 Å². The molecule has 0 amide bonds. The molecular weight excluding hydrogens is 248 g/mol. The number of rotatable bonds is 6. The zero-order chi connectivity index (χ0) is 12.8. The molecule has 0 aromatic carbocycles. The predicted molar refractivity (Wildman–Crippen MR) is 74.0 cm³/mol. The third-order valence-electron chi connectivity index (χ3n) is 3.03. The molecule has 1 N–H and O–H groups in total. The molecular formula is C12H22N4OS. The molecule has 1 aromatic rings. The number of nitrogens with zero attached hydrogens (tertiary/aromatic N) is 3. The van der Waals surface area contributed by atoms with Crippen molar-refractivity contribution in [3.8, 4) is 0 Å². The highest BCUT2D eigenvalue weighted by Gasteiger charge is 2.20. The molecule has 18 heavy (non-hydrogen) atoms. The van der Waals surface area contributed by atoms with E-state index in [0.29, 0.717) is 6.10 Å². The third-order valence-corrected chi connectivity index (χ3v) is 3.90. The van der Waals surface area contributed by atoms with Crippen LogP contribution in [-0.4, -0.2) is 47.4 Å². The fraction of sp³-hybridized carbons (Fsp3) is 0.833. The number of hydrogen-bond donors (Lipinski definition) is 1. The first-order chi connectivity index (χ1) is 8.81. The minimum absolute atomic E-state index is 0.379. The van der Waals surface area contributed by atoms with E-state index in [2.05, 4.69) is 34.3 Å². The van der Waals surface area contributed by atoms with Gasteiger partial charge in [0, 0.05) is 19.6 Å². The second kappa shape index (κ2) is 7.01. The number of morpholine rings is 1. The van der Waals surface area contributed by atoms with Crippen molar-refractivity contribution in [1.82, 2.24) is 15.1 Å². The highest BCUT2D eigenvalue weighted by molar-refractivity contribution is 7.15. The lowest BCUT2D eigenvalue weighted by Gasteiger charge is -2.31. The van der Waals surface area contributed by atoms with Gasteiger partial charge in [-0.25, -0.2) is 0 Å². The fourth-order valence-corrected chi connectivity index (χ4v) is 2.79. The van der Waals surface area contributed by atoms with Crippen molar-refractivity contribution in [2.75, 3.05) is 31.6 Å². The molecule has 1 saturated heterocycles. The number of ether oxygens (including phenoxy) is 1. The van der Waals surface area contributed by atoms with Gasteiger partial charge in [-0.2, -0.15) is 0 Å². The van der Waals surface area contributed by atoms with Crippen LogP contribution in [0.3, 0.4) is 0 Å². The van der Waals surface area contributed by atoms with Crippen LogP contribution in [0.1, 0.15) is 31.7 Å². The second-order valence-corrected chi connectivity index (χ2v) is 5.63. The van der Waals surface area contributed by atoms with Crippen molar-refractivity contribution in [1.29, 1.82) is 0 Å². The molecule has 6 heteroatoms. The van der Waals surface area contributed by atoms with Crippen molar-refractivity contribution < 1.29 is 4.74 Å². The Hall–Kier alpha value is -0.720. The quantitative estimate of drug-likeness (QED) is 0.856. The normalized spacial score (nSPS) is 21.1. The molecule has 0 spiro atoms. The molecule has 0 saturated carbocycles. The maximum Gasteiger partial charge on any atom is 0.205 e. The van der Waals surface area contributed by atoms with Crippen molar-refractivity contribution >= 4 is 16.5 Å². The molecule has 1 atom stereocenters. The van der Waals surface area contributed by atoms with Crippen LogP contribution in [0.15, 0.2) is 0 Å². The van der Waals surface area contributed by atoms with Crippen LogP contribution in [-0.2, 0) is 11.3 Å². The summed E-state index contributed by atoms with van der Waals surface area (Å²) in [6, 6.07) is 0. The predicted octanol–water partition coefficient (Wildman–Crippen LogP) is 1.97. The zero-order valence-corrected chi connectivity index (χ0v) is 12.0. The Bertz CT molecular complexity index is 358. The Morgan fingerprint density at radius 3 is 3.11 bits per heavy atom. The summed E-state index contributed by atoms with van der Waals surface area (Å²) in [6.07, 6.45) is 2.57. The first-order valence-corrected chi connectivity index (χ1v) is 7.53. The second-order valence-electron chi connectivity index (χ2n) is 4.56. The molecule has 0 radical (unpaired) electrons. The lowest BCUT2D eigenvalue weighted by molar-refractivity contribution is -0.0325. The number of nitrogens with one attached hydrogen (secondary N) is 1. The molecule has 1 aromatic heterocycles. The molecule has 1 fully saturated rings. The highest BCUT2D eigenvalue weighted by atomic mass is 32.1. The van der Waals surface area contributed by atoms with Gasteiger partial charge in [0.2, 0.25) is 5.13 Å². The third kappa shape index (κ3) is 3.90. The molecule has 1 aliphatic heterocycles. The number of hydrogen-bond acceptors (Lipinski definition) is 6. The van der Waals surface area contributed by atoms with Crippen molar-refractivity contribution in [2.24, 2.45) is 0 Å². The topological polar surface area (TPSA) is 50.3 Å². The van der Waals surface area contributed by atoms with Gasteiger partial charge in [-0.15, -0.1) is 10.2 Å². The SMILES string of the molecule is CCCNc1nnc(CN2CCOC(CC)C2)s1. The smallest absolute Gasteiger partial charge is 0.205 e. The largest absolute Gasteiger partial charge is 0.376 e. The van der Waals surface area contributed by atoms with Crippen molar-refractivity contribution in [2.45, 2.75) is 39.3 Å². The summed E-state index contributed by atoms with van der Waals surface area (Å²) >= 11 is 1.66. The molecule has 1 aliphatic rings. The maximum atomic E-state index is 5.67. The van der Waals surface area contributed by atoms with Gasteiger partial charge in [0.15, 0.2) is 0 Å². The number of aromatic nitrogens is 2. The average molecular weight is 270 g/mol. The van der Waals surface area contributed by atoms with Gasteiger partial charge in [-0.3, -0.25) is 4.90 Å². The molecule has 102 valence electrons. The summed E-state index contributed by atoms with van der Waals surface area (Å²) in [4.78, 5) is 2.40. The highest BCUT2D eigenvalue weighted by Crippen LogP contribution is 2.18. The zero-order valence-electron chi connectivity index (χ0n) is 11.2. The Morgan fingerprint density at radius 1 is 1.44 bits per heavy atom. The van der Waals surface area contributed by atoms with Crippen LogP contribution in [0.5, 0.6) is 0 Å². The van der Waals surface area contributed by atoms with Crippen LogP contribution >= 0.6 is 11.3 Å². The summed E-state index contributed by atoms with van der Waals surface area (Å²) in [6.45, 7) is 9.01. The first kappa shape index (κ1) is 13.7. The van der Waals surface area contributed by atoms with E-state index in [-0.39, 0.29) is 0 Å². The van der Waals surface area contributed by atoms with E-state index in [4.69, 9.17) is 4.74 Å². The minimum atomic E-state index is 0.379. The van der Waals surface area contributed by atoms with Crippen molar-refractivity contribution in [3.05, 3.63) is 5.01 Å². The van der Waals surface area contributed by atoms with Crippen LogP contribution in [0.2, 0.25) is 0 Å². The molecule has 0 bridgehead atoms. The van der Waals surface area contributed by atoms with E-state index in [9.17, 15) is 0 Å². The van der Waals surface area contributed by atoms with E-state index in [0.717, 1.165) is 55.8 Å². The van der Waals surface area contributed by atoms with Crippen LogP contribution < -0.4 is 5.32 Å². The summed E-state index contributed by atoms with van der Waals surface area (Å²) in [5.74, 6) is 0. The first-order valence-electron chi connectivity index (χ1n) is 6.72. The summed E-state index contributed by atoms with van der Waals surface area (Å²) < 4.78 is 5.67. The Kier molecular flexibility index (Phi) is 5.34. The lowest BCUT2D eigenvalue weighted by Crippen LogP contribution is -2.41. The van der Waals surface area contributed by atoms with E-state index in [1.54, 1.807) is 11.3 Å². The number of anilines is 1. The van der Waals surface area contributed by atoms with Gasteiger partial charge >= 0.3 is 0 Å². The fourth-order valence-electron chi connectivity index (χ4n) is 1.98. The molecule has 2 rings (SSSR count). The lowest BCUT2D eigenvalue weighted by atomic mass is 10.2. The van der Waals surface area contributed by atoms with Gasteiger partial charge < -0.3 is 10.1 Å². The standard InChI is InChI=1S/C12H22N4OS/c1-3-5-13-12-15-14-11(18-12)9-16-6-7-17-10(4-2)8-16/h10H,3-9H2,1-2H3,(H,13,15). The monoisotopic (exact) mass is 270 g/mol. The maximum absolute atomic E-state index is 5.67. The van der Waals surface area contributed by atoms with E-state index >= 15 is 0 Å². The van der Waals surface area contributed by atoms with Crippen LogP contribution in [0.4, 0.5) is 5.13 Å². The van der Waals surface area contributed by atoms with Gasteiger partial charge in [-0.1, -0.05) is 25.2 Å². The van der Waals surface area contributed by atoms with Gasteiger partial charge in [0.1, 0.15) is 5.01 Å². The Balaban J connectivity index is 1.83. The molecule has 5 nitrogen and oxygen atoms in total. The molecule has 2 heterocycles. The van der Waals surface area contributed by atoms with Crippen LogP contribution in [0.25, 0.3) is 0 Å². The Morgan fingerprint density at radius 2 is 2.33 bits per heavy atom. The van der Waals surface area contributed by atoms with E-state index in [1.807, 2.05) is 0 Å². The van der Waals surface area contributed by atoms with Crippen molar-refractivity contribution in [3.63, 3.8) is 0 Å². The van der Waals surface area contributed by atoms with Gasteiger partial charge in [0.05, 0.1) is 19.3 Å². The molecule has 1 unspecified atom stereocenters. The van der Waals surface area contributed by atoms with Gasteiger partial charge in [0.25, 0.3) is 0 Å². The summed E-state index contributed by atoms with van der Waals surface area (Å²) in [5.41, 5.74) is 0.